The van der Waals surface area contributed by atoms with Crippen LogP contribution in [0.15, 0.2) is 53.4 Å². The van der Waals surface area contributed by atoms with E-state index in [0.29, 0.717) is 11.1 Å². The normalized spacial score (nSPS) is 20.2. The monoisotopic (exact) mass is 531 g/mol. The van der Waals surface area contributed by atoms with E-state index in [1.165, 1.54) is 36.4 Å². The minimum atomic E-state index is -5.12. The van der Waals surface area contributed by atoms with Gasteiger partial charge in [0, 0.05) is 20.9 Å². The van der Waals surface area contributed by atoms with Gasteiger partial charge in [-0.2, -0.15) is 18.4 Å². The van der Waals surface area contributed by atoms with E-state index in [-0.39, 0.29) is 17.7 Å². The molecule has 2 N–H and O–H groups in total. The van der Waals surface area contributed by atoms with Crippen LogP contribution in [0.2, 0.25) is 0 Å². The summed E-state index contributed by atoms with van der Waals surface area (Å²) in [5.41, 5.74) is -5.09. The first-order chi connectivity index (χ1) is 19.0. The lowest BCUT2D eigenvalue weighted by atomic mass is 9.96. The van der Waals surface area contributed by atoms with Gasteiger partial charge in [0.05, 0.1) is 17.0 Å². The quantitative estimate of drug-likeness (QED) is 0.460. The zero-order chi connectivity index (χ0) is 31.9. The number of alkyl halides is 4. The lowest BCUT2D eigenvalue weighted by molar-refractivity contribution is -0.161. The molecule has 0 bridgehead atoms. The van der Waals surface area contributed by atoms with Crippen LogP contribution in [-0.2, 0) is 14.6 Å². The Hall–Kier alpha value is -2.97. The van der Waals surface area contributed by atoms with Crippen LogP contribution < -0.4 is 10.6 Å². The molecule has 3 rings (SSSR count). The molecule has 1 saturated carbocycles. The number of carbonyl (C=O) groups excluding carboxylic acids is 1. The Morgan fingerprint density at radius 3 is 2.03 bits per heavy atom. The number of hydrogen-bond donors (Lipinski definition) is 2. The van der Waals surface area contributed by atoms with Crippen molar-refractivity contribution in [2.24, 2.45) is 0 Å². The maximum absolute atomic E-state index is 15.7. The molecule has 1 amide bonds. The predicted octanol–water partition coefficient (Wildman–Crippen LogP) is 4.63. The van der Waals surface area contributed by atoms with E-state index in [4.69, 9.17) is 8.22 Å². The van der Waals surface area contributed by atoms with E-state index in [1.807, 2.05) is 5.32 Å². The molecule has 0 spiro atoms. The fraction of sp³-hybridized carbons (Fsp3) is 0.440. The van der Waals surface area contributed by atoms with Crippen molar-refractivity contribution < 1.29 is 39.0 Å². The van der Waals surface area contributed by atoms with Crippen molar-refractivity contribution in [3.8, 4) is 17.2 Å². The van der Waals surface area contributed by atoms with Gasteiger partial charge in [0.15, 0.2) is 9.84 Å². The second-order valence-electron chi connectivity index (χ2n) is 8.80. The Morgan fingerprint density at radius 1 is 1.08 bits per heavy atom. The molecule has 1 unspecified atom stereocenters. The molecule has 36 heavy (non-hydrogen) atoms. The number of hydrogen-bond acceptors (Lipinski definition) is 5. The molecular weight excluding hydrogens is 498 g/mol. The van der Waals surface area contributed by atoms with Gasteiger partial charge in [0.25, 0.3) is 0 Å². The zero-order valence-corrected chi connectivity index (χ0v) is 19.8. The van der Waals surface area contributed by atoms with Crippen LogP contribution in [0.5, 0.6) is 0 Å². The van der Waals surface area contributed by atoms with Crippen LogP contribution in [0.3, 0.4) is 0 Å². The van der Waals surface area contributed by atoms with Crippen molar-refractivity contribution in [2.75, 3.05) is 6.26 Å². The average Bonchev–Trinajstić information content (AvgIpc) is 3.63. The van der Waals surface area contributed by atoms with Gasteiger partial charge < -0.3 is 5.32 Å². The van der Waals surface area contributed by atoms with Crippen molar-refractivity contribution in [2.45, 2.75) is 67.3 Å². The summed E-state index contributed by atoms with van der Waals surface area (Å²) in [6, 6.07) is 7.03. The van der Waals surface area contributed by atoms with Crippen molar-refractivity contribution in [3.63, 3.8) is 0 Å². The molecule has 2 atom stereocenters. The number of halogens is 4. The van der Waals surface area contributed by atoms with Crippen LogP contribution >= 0.6 is 0 Å². The Bertz CT molecular complexity index is 1440. The number of carbonyl (C=O) groups is 1. The van der Waals surface area contributed by atoms with E-state index in [9.17, 15) is 31.6 Å². The third-order valence-corrected chi connectivity index (χ3v) is 6.81. The molecule has 1 aliphatic rings. The molecule has 0 saturated heterocycles. The summed E-state index contributed by atoms with van der Waals surface area (Å²) in [7, 11) is -3.48. The number of benzene rings is 2. The van der Waals surface area contributed by atoms with E-state index < -0.39 is 70.9 Å². The summed E-state index contributed by atoms with van der Waals surface area (Å²) in [6.45, 7) is -7.68. The Balaban J connectivity index is 1.99. The zero-order valence-electron chi connectivity index (χ0n) is 25.0. The van der Waals surface area contributed by atoms with E-state index in [0.717, 1.165) is 18.4 Å². The largest absolute Gasteiger partial charge is 0.407 e. The smallest absolute Gasteiger partial charge is 0.336 e. The summed E-state index contributed by atoms with van der Waals surface area (Å²) in [5, 5.41) is 13.4. The van der Waals surface area contributed by atoms with Crippen molar-refractivity contribution in [3.05, 3.63) is 54.1 Å². The summed E-state index contributed by atoms with van der Waals surface area (Å²) >= 11 is 0. The third kappa shape index (κ3) is 7.04. The number of nitriles is 1. The van der Waals surface area contributed by atoms with E-state index in [2.05, 4.69) is 5.32 Å². The molecule has 1 aliphatic carbocycles. The molecule has 0 radical (unpaired) electrons. The first-order valence-electron chi connectivity index (χ1n) is 13.7. The topological polar surface area (TPSA) is 99.1 Å². The number of sulfone groups is 1. The first kappa shape index (κ1) is 20.1. The lowest BCUT2D eigenvalue weighted by Crippen LogP contribution is -2.53. The highest BCUT2D eigenvalue weighted by Crippen LogP contribution is 2.37. The Kier molecular flexibility index (Phi) is 5.49. The molecular formula is C25H27F4N3O3S. The molecule has 1 fully saturated rings. The summed E-state index contributed by atoms with van der Waals surface area (Å²) in [6.07, 6.45) is -5.48. The van der Waals surface area contributed by atoms with Crippen molar-refractivity contribution in [1.29, 1.82) is 5.26 Å². The van der Waals surface area contributed by atoms with Gasteiger partial charge >= 0.3 is 6.18 Å². The second-order valence-corrected chi connectivity index (χ2v) is 10.8. The van der Waals surface area contributed by atoms with E-state index >= 15 is 4.39 Å². The van der Waals surface area contributed by atoms with Crippen LogP contribution in [0, 0.1) is 11.3 Å². The number of nitrogens with one attached hydrogen (secondary N) is 2. The van der Waals surface area contributed by atoms with Crippen LogP contribution in [0.4, 0.5) is 17.6 Å². The molecule has 0 aliphatic heterocycles. The van der Waals surface area contributed by atoms with Gasteiger partial charge in [-0.05, 0) is 55.4 Å². The highest BCUT2D eigenvalue weighted by Gasteiger charge is 2.48. The molecule has 11 heteroatoms. The minimum absolute atomic E-state index is 0.0379. The molecule has 6 nitrogen and oxygen atoms in total. The standard InChI is InChI=1S/C25H27F4N3O3S/c1-23(2,26)14-20(22(33)32-24(15-30)12-13-24)31-21(25(27,28)29)18-6-4-16(5-7-18)17-8-10-19(11-9-17)36(3,34)35/h4-11,20-21,31H,12-14H2,1-3H3,(H,32,33)/t20?,21-/m0/s1/i1D3,2D3. The van der Waals surface area contributed by atoms with Gasteiger partial charge in [0.1, 0.15) is 17.2 Å². The number of nitrogens with zero attached hydrogens (tertiary/aromatic N) is 1. The van der Waals surface area contributed by atoms with Gasteiger partial charge in [0.2, 0.25) is 5.91 Å². The second kappa shape index (κ2) is 9.82. The first-order valence-corrected chi connectivity index (χ1v) is 12.6. The molecule has 0 heterocycles. The molecule has 2 aromatic rings. The summed E-state index contributed by atoms with van der Waals surface area (Å²) in [5.74, 6) is -1.36. The third-order valence-electron chi connectivity index (χ3n) is 5.68. The maximum Gasteiger partial charge on any atom is 0.407 e. The molecule has 194 valence electrons. The van der Waals surface area contributed by atoms with Gasteiger partial charge in [-0.15, -0.1) is 0 Å². The predicted molar refractivity (Wildman–Crippen MR) is 126 cm³/mol. The Morgan fingerprint density at radius 2 is 1.61 bits per heavy atom. The highest BCUT2D eigenvalue weighted by atomic mass is 32.2. The van der Waals surface area contributed by atoms with Gasteiger partial charge in [-0.25, -0.2) is 12.8 Å². The van der Waals surface area contributed by atoms with E-state index in [1.54, 1.807) is 6.07 Å². The minimum Gasteiger partial charge on any atom is -0.336 e. The van der Waals surface area contributed by atoms with Crippen LogP contribution in [0.25, 0.3) is 11.1 Å². The molecule has 2 aromatic carbocycles. The summed E-state index contributed by atoms with van der Waals surface area (Å²) in [4.78, 5) is 13.1. The van der Waals surface area contributed by atoms with Crippen molar-refractivity contribution >= 4 is 15.7 Å². The van der Waals surface area contributed by atoms with Gasteiger partial charge in [-0.1, -0.05) is 36.4 Å². The van der Waals surface area contributed by atoms with Gasteiger partial charge in [-0.3, -0.25) is 10.1 Å². The number of rotatable bonds is 9. The highest BCUT2D eigenvalue weighted by molar-refractivity contribution is 7.90. The fourth-order valence-corrected chi connectivity index (χ4v) is 4.20. The lowest BCUT2D eigenvalue weighted by Gasteiger charge is -2.30. The van der Waals surface area contributed by atoms with Crippen LogP contribution in [-0.4, -0.2) is 44.0 Å². The van der Waals surface area contributed by atoms with Crippen LogP contribution in [0.1, 0.15) is 52.8 Å². The van der Waals surface area contributed by atoms with Crippen molar-refractivity contribution in [1.82, 2.24) is 10.6 Å². The summed E-state index contributed by atoms with van der Waals surface area (Å²) < 4.78 is 127. The SMILES string of the molecule is [2H]C([2H])([2H])C(F)(CC(N[C@@H](c1ccc(-c2ccc(S(C)(=O)=O)cc2)cc1)C(F)(F)F)C(=O)NC1(C#N)CC1)C([2H])([2H])[2H]. The average molecular weight is 532 g/mol. The molecule has 0 aromatic heterocycles. The maximum atomic E-state index is 15.7. The fourth-order valence-electron chi connectivity index (χ4n) is 3.56. The number of amides is 1. The Labute approximate surface area is 216 Å².